The van der Waals surface area contributed by atoms with E-state index in [1.165, 1.54) is 11.0 Å². The van der Waals surface area contributed by atoms with Crippen molar-refractivity contribution in [3.63, 3.8) is 0 Å². The average Bonchev–Trinajstić information content (AvgIpc) is 3.16. The molecular weight excluding hydrogens is 442 g/mol. The van der Waals surface area contributed by atoms with Crippen molar-refractivity contribution < 1.29 is 9.72 Å². The summed E-state index contributed by atoms with van der Waals surface area (Å²) >= 11 is 8.96. The highest BCUT2D eigenvalue weighted by Crippen LogP contribution is 2.26. The van der Waals surface area contributed by atoms with Crippen LogP contribution in [0.1, 0.15) is 11.3 Å². The summed E-state index contributed by atoms with van der Waals surface area (Å²) in [7, 11) is 0. The predicted molar refractivity (Wildman–Crippen MR) is 101 cm³/mol. The summed E-state index contributed by atoms with van der Waals surface area (Å²) in [6, 6.07) is 7.29. The monoisotopic (exact) mass is 453 g/mol. The number of anilines is 1. The highest BCUT2D eigenvalue weighted by atomic mass is 79.9. The minimum absolute atomic E-state index is 0.132. The van der Waals surface area contributed by atoms with E-state index in [4.69, 9.17) is 11.6 Å². The molecule has 0 fully saturated rings. The molecule has 0 atom stereocenters. The maximum absolute atomic E-state index is 12.2. The Morgan fingerprint density at radius 1 is 1.33 bits per heavy atom. The van der Waals surface area contributed by atoms with Crippen molar-refractivity contribution >= 4 is 45.2 Å². The van der Waals surface area contributed by atoms with Crippen molar-refractivity contribution in [2.45, 2.75) is 20.0 Å². The number of aromatic nitrogens is 5. The minimum atomic E-state index is -0.620. The van der Waals surface area contributed by atoms with Gasteiger partial charge in [0, 0.05) is 5.02 Å². The molecule has 0 aliphatic carbocycles. The van der Waals surface area contributed by atoms with Crippen LogP contribution in [-0.4, -0.2) is 35.4 Å². The predicted octanol–water partition coefficient (Wildman–Crippen LogP) is 2.79. The van der Waals surface area contributed by atoms with E-state index in [-0.39, 0.29) is 22.8 Å². The van der Waals surface area contributed by atoms with Gasteiger partial charge < -0.3 is 10.1 Å². The summed E-state index contributed by atoms with van der Waals surface area (Å²) in [5, 5.41) is 22.1. The molecule has 0 saturated carbocycles. The molecule has 0 saturated heterocycles. The lowest BCUT2D eigenvalue weighted by molar-refractivity contribution is -0.390. The normalized spacial score (nSPS) is 10.8. The first-order valence-corrected chi connectivity index (χ1v) is 8.81. The van der Waals surface area contributed by atoms with E-state index in [9.17, 15) is 14.9 Å². The number of benzene rings is 1. The fourth-order valence-electron chi connectivity index (χ4n) is 2.28. The Morgan fingerprint density at radius 2 is 2.04 bits per heavy atom. The van der Waals surface area contributed by atoms with Gasteiger partial charge in [0.25, 0.3) is 5.91 Å². The van der Waals surface area contributed by atoms with Gasteiger partial charge >= 0.3 is 5.82 Å². The Kier molecular flexibility index (Phi) is 5.51. The number of hydrogen-bond donors (Lipinski definition) is 1. The lowest BCUT2D eigenvalue weighted by Crippen LogP contribution is -2.21. The zero-order valence-corrected chi connectivity index (χ0v) is 16.3. The van der Waals surface area contributed by atoms with Crippen molar-refractivity contribution in [1.82, 2.24) is 24.5 Å². The van der Waals surface area contributed by atoms with Gasteiger partial charge in [0.2, 0.25) is 5.95 Å². The number of rotatable bonds is 6. The second kappa shape index (κ2) is 7.84. The molecule has 140 valence electrons. The molecule has 2 heterocycles. The van der Waals surface area contributed by atoms with Crippen LogP contribution in [0.4, 0.5) is 11.8 Å². The summed E-state index contributed by atoms with van der Waals surface area (Å²) in [5.74, 6) is -0.662. The number of carbonyl (C=O) groups is 1. The Hall–Kier alpha value is -2.79. The summed E-state index contributed by atoms with van der Waals surface area (Å²) < 4.78 is 3.05. The van der Waals surface area contributed by atoms with E-state index in [1.807, 2.05) is 12.1 Å². The Bertz CT molecular complexity index is 1000. The molecule has 0 aliphatic heterocycles. The Morgan fingerprint density at radius 3 is 2.67 bits per heavy atom. The standard InChI is InChI=1S/C15H13BrClN7O3/c1-9-13(16)14(24(26)27)20-23(9)7-12(25)19-15-18-8-22(21-15)6-10-2-4-11(17)5-3-10/h2-5,8H,6-7H2,1H3,(H,19,21,25). The summed E-state index contributed by atoms with van der Waals surface area (Å²) in [6.45, 7) is 1.89. The van der Waals surface area contributed by atoms with Crippen LogP contribution in [0, 0.1) is 17.0 Å². The fraction of sp³-hybridized carbons (Fsp3) is 0.200. The van der Waals surface area contributed by atoms with Crippen LogP contribution in [0.25, 0.3) is 0 Å². The first-order valence-electron chi connectivity index (χ1n) is 7.64. The summed E-state index contributed by atoms with van der Waals surface area (Å²) in [5.41, 5.74) is 1.45. The molecular formula is C15H13BrClN7O3. The van der Waals surface area contributed by atoms with E-state index >= 15 is 0 Å². The third-order valence-electron chi connectivity index (χ3n) is 3.63. The third-order valence-corrected chi connectivity index (χ3v) is 4.81. The second-order valence-corrected chi connectivity index (χ2v) is 6.81. The number of nitrogens with zero attached hydrogens (tertiary/aromatic N) is 6. The largest absolute Gasteiger partial charge is 0.404 e. The van der Waals surface area contributed by atoms with Crippen LogP contribution in [0.2, 0.25) is 5.02 Å². The van der Waals surface area contributed by atoms with E-state index in [1.54, 1.807) is 23.7 Å². The topological polar surface area (TPSA) is 121 Å². The van der Waals surface area contributed by atoms with Crippen molar-refractivity contribution in [2.75, 3.05) is 5.32 Å². The van der Waals surface area contributed by atoms with Crippen molar-refractivity contribution in [2.24, 2.45) is 0 Å². The summed E-state index contributed by atoms with van der Waals surface area (Å²) in [6.07, 6.45) is 1.49. The van der Waals surface area contributed by atoms with Crippen molar-refractivity contribution in [3.8, 4) is 0 Å². The molecule has 0 aliphatic rings. The van der Waals surface area contributed by atoms with E-state index in [0.717, 1.165) is 5.56 Å². The molecule has 0 spiro atoms. The summed E-state index contributed by atoms with van der Waals surface area (Å²) in [4.78, 5) is 26.5. The number of hydrogen-bond acceptors (Lipinski definition) is 6. The maximum atomic E-state index is 12.2. The van der Waals surface area contributed by atoms with Gasteiger partial charge in [-0.1, -0.05) is 23.7 Å². The molecule has 0 bridgehead atoms. The van der Waals surface area contributed by atoms with Crippen molar-refractivity contribution in [1.29, 1.82) is 0 Å². The molecule has 2 aromatic heterocycles. The fourth-order valence-corrected chi connectivity index (χ4v) is 2.84. The second-order valence-electron chi connectivity index (χ2n) is 5.58. The number of amides is 1. The number of carbonyl (C=O) groups excluding carboxylic acids is 1. The van der Waals surface area contributed by atoms with Crippen LogP contribution < -0.4 is 5.32 Å². The minimum Gasteiger partial charge on any atom is -0.358 e. The van der Waals surface area contributed by atoms with E-state index in [2.05, 4.69) is 36.4 Å². The number of nitro groups is 1. The van der Waals surface area contributed by atoms with Gasteiger partial charge in [-0.2, -0.15) is 4.68 Å². The molecule has 1 amide bonds. The Balaban J connectivity index is 1.63. The quantitative estimate of drug-likeness (QED) is 0.451. The van der Waals surface area contributed by atoms with Crippen LogP contribution >= 0.6 is 27.5 Å². The highest BCUT2D eigenvalue weighted by molar-refractivity contribution is 9.10. The van der Waals surface area contributed by atoms with Gasteiger partial charge in [-0.3, -0.25) is 10.1 Å². The molecule has 27 heavy (non-hydrogen) atoms. The molecule has 1 N–H and O–H groups in total. The first-order chi connectivity index (χ1) is 12.8. The number of nitrogens with one attached hydrogen (secondary N) is 1. The van der Waals surface area contributed by atoms with Gasteiger partial charge in [0.1, 0.15) is 17.3 Å². The maximum Gasteiger partial charge on any atom is 0.404 e. The van der Waals surface area contributed by atoms with E-state index in [0.29, 0.717) is 17.3 Å². The highest BCUT2D eigenvalue weighted by Gasteiger charge is 2.24. The molecule has 0 unspecified atom stereocenters. The van der Waals surface area contributed by atoms with Gasteiger partial charge in [-0.25, -0.2) is 9.67 Å². The van der Waals surface area contributed by atoms with Crippen LogP contribution in [-0.2, 0) is 17.9 Å². The lowest BCUT2D eigenvalue weighted by Gasteiger charge is -2.02. The van der Waals surface area contributed by atoms with Crippen LogP contribution in [0.5, 0.6) is 0 Å². The smallest absolute Gasteiger partial charge is 0.358 e. The van der Waals surface area contributed by atoms with E-state index < -0.39 is 10.8 Å². The zero-order valence-electron chi connectivity index (χ0n) is 14.0. The van der Waals surface area contributed by atoms with Crippen LogP contribution in [0.15, 0.2) is 35.1 Å². The van der Waals surface area contributed by atoms with Gasteiger partial charge in [0.15, 0.2) is 0 Å². The number of halogens is 2. The first kappa shape index (κ1) is 19.0. The van der Waals surface area contributed by atoms with Gasteiger partial charge in [-0.05, 0) is 45.5 Å². The molecule has 0 radical (unpaired) electrons. The average molecular weight is 455 g/mol. The molecule has 3 aromatic rings. The van der Waals surface area contributed by atoms with Gasteiger partial charge in [0.05, 0.1) is 17.3 Å². The van der Waals surface area contributed by atoms with Crippen LogP contribution in [0.3, 0.4) is 0 Å². The zero-order chi connectivity index (χ0) is 19.6. The van der Waals surface area contributed by atoms with Crippen molar-refractivity contribution in [3.05, 3.63) is 61.5 Å². The lowest BCUT2D eigenvalue weighted by atomic mass is 10.2. The third kappa shape index (κ3) is 4.49. The molecule has 3 rings (SSSR count). The molecule has 1 aromatic carbocycles. The molecule has 10 nitrogen and oxygen atoms in total. The van der Waals surface area contributed by atoms with Gasteiger partial charge in [-0.15, -0.1) is 5.10 Å². The SMILES string of the molecule is Cc1c(Br)c([N+](=O)[O-])nn1CC(=O)Nc1ncn(Cc2ccc(Cl)cc2)n1. The molecule has 12 heteroatoms. The Labute approximate surface area is 166 Å².